The lowest BCUT2D eigenvalue weighted by Crippen LogP contribution is -2.59. The Hall–Kier alpha value is -3.92. The van der Waals surface area contributed by atoms with E-state index in [4.69, 9.17) is 21.3 Å². The molecular weight excluding hydrogens is 520 g/mol. The minimum absolute atomic E-state index is 0.122. The van der Waals surface area contributed by atoms with Crippen molar-refractivity contribution in [2.45, 2.75) is 62.7 Å². The molecule has 0 aliphatic carbocycles. The Kier molecular flexibility index (Phi) is 13.7. The lowest BCUT2D eigenvalue weighted by Gasteiger charge is -2.35. The molecule has 10 N–H and O–H groups in total. The molecule has 0 radical (unpaired) electrons. The van der Waals surface area contributed by atoms with Crippen LogP contribution in [-0.2, 0) is 28.7 Å². The molecule has 15 heteroatoms. The van der Waals surface area contributed by atoms with Crippen molar-refractivity contribution < 1.29 is 53.9 Å². The molecule has 0 fully saturated rings. The van der Waals surface area contributed by atoms with Gasteiger partial charge in [-0.15, -0.1) is 0 Å². The second-order valence-corrected chi connectivity index (χ2v) is 8.58. The summed E-state index contributed by atoms with van der Waals surface area (Å²) in [5, 5.41) is 43.3. The van der Waals surface area contributed by atoms with Crippen LogP contribution in [0.2, 0.25) is 0 Å². The van der Waals surface area contributed by atoms with Crippen LogP contribution in [0.15, 0.2) is 30.3 Å². The summed E-state index contributed by atoms with van der Waals surface area (Å²) in [5.41, 5.74) is 10.8. The number of hydrogen-bond donors (Lipinski definition) is 8. The van der Waals surface area contributed by atoms with Crippen LogP contribution in [0.5, 0.6) is 0 Å². The Morgan fingerprint density at radius 1 is 1.03 bits per heavy atom. The lowest BCUT2D eigenvalue weighted by molar-refractivity contribution is -0.166. The molecule has 0 spiro atoms. The molecule has 15 nitrogen and oxygen atoms in total. The fraction of sp³-hybridized carbons (Fsp3) is 0.500. The highest BCUT2D eigenvalue weighted by Gasteiger charge is 2.42. The molecule has 0 saturated heterocycles. The molecule has 39 heavy (non-hydrogen) atoms. The number of aldehydes is 1. The zero-order chi connectivity index (χ0) is 29.7. The van der Waals surface area contributed by atoms with Gasteiger partial charge < -0.3 is 52.1 Å². The summed E-state index contributed by atoms with van der Waals surface area (Å²) in [6.45, 7) is 0.449. The fourth-order valence-corrected chi connectivity index (χ4v) is 3.62. The first kappa shape index (κ1) is 33.1. The van der Waals surface area contributed by atoms with Crippen molar-refractivity contribution in [3.05, 3.63) is 35.9 Å². The van der Waals surface area contributed by atoms with Crippen LogP contribution >= 0.6 is 0 Å². The van der Waals surface area contributed by atoms with Crippen LogP contribution in [0.25, 0.3) is 0 Å². The van der Waals surface area contributed by atoms with Gasteiger partial charge in [-0.25, -0.2) is 0 Å². The highest BCUT2D eigenvalue weighted by molar-refractivity contribution is 5.96. The topological polar surface area (TPSA) is 269 Å². The van der Waals surface area contributed by atoms with Crippen molar-refractivity contribution >= 4 is 35.9 Å². The van der Waals surface area contributed by atoms with Crippen molar-refractivity contribution in [3.63, 3.8) is 0 Å². The van der Waals surface area contributed by atoms with E-state index >= 15 is 0 Å². The molecule has 0 saturated carbocycles. The highest BCUT2D eigenvalue weighted by atomic mass is 16.5. The van der Waals surface area contributed by atoms with Crippen LogP contribution in [0.1, 0.15) is 36.5 Å². The number of amides is 4. The second kappa shape index (κ2) is 16.1. The maximum atomic E-state index is 13.0. The minimum atomic E-state index is -2.06. The molecule has 216 valence electrons. The third kappa shape index (κ3) is 10.0. The molecule has 1 aromatic carbocycles. The summed E-state index contributed by atoms with van der Waals surface area (Å²) < 4.78 is 5.59. The molecule has 1 aromatic rings. The number of carbonyl (C=O) groups is 6. The number of carboxylic acid groups (broad SMARTS) is 1. The number of nitrogens with two attached hydrogens (primary N) is 2. The third-order valence-corrected chi connectivity index (χ3v) is 5.79. The van der Waals surface area contributed by atoms with E-state index in [0.29, 0.717) is 0 Å². The zero-order valence-electron chi connectivity index (χ0n) is 21.1. The Morgan fingerprint density at radius 2 is 1.64 bits per heavy atom. The number of carboxylic acids is 1. The molecule has 3 unspecified atom stereocenters. The smallest absolute Gasteiger partial charge is 0.303 e. The van der Waals surface area contributed by atoms with E-state index in [2.05, 4.69) is 10.6 Å². The molecule has 0 bridgehead atoms. The average molecular weight is 555 g/mol. The predicted octanol–water partition coefficient (Wildman–Crippen LogP) is -3.20. The first-order valence-corrected chi connectivity index (χ1v) is 11.9. The Labute approximate surface area is 223 Å². The molecule has 0 heterocycles. The Morgan fingerprint density at radius 3 is 2.10 bits per heavy atom. The van der Waals surface area contributed by atoms with Crippen LogP contribution in [0.4, 0.5) is 0 Å². The van der Waals surface area contributed by atoms with Gasteiger partial charge in [-0.3, -0.25) is 24.0 Å². The van der Waals surface area contributed by atoms with Gasteiger partial charge in [0.05, 0.1) is 12.5 Å². The summed E-state index contributed by atoms with van der Waals surface area (Å²) in [7, 11) is 0. The summed E-state index contributed by atoms with van der Waals surface area (Å²) in [6.07, 6.45) is -8.57. The van der Waals surface area contributed by atoms with Crippen LogP contribution < -0.4 is 22.1 Å². The summed E-state index contributed by atoms with van der Waals surface area (Å²) in [4.78, 5) is 72.5. The first-order valence-electron chi connectivity index (χ1n) is 11.9. The molecular formula is C24H34N4O11. The van der Waals surface area contributed by atoms with Crippen molar-refractivity contribution in [2.75, 3.05) is 6.61 Å². The van der Waals surface area contributed by atoms with Gasteiger partial charge in [-0.1, -0.05) is 25.1 Å². The third-order valence-electron chi connectivity index (χ3n) is 5.79. The number of nitrogens with one attached hydrogen (secondary N) is 2. The summed E-state index contributed by atoms with van der Waals surface area (Å²) >= 11 is 0. The molecule has 1 rings (SSSR count). The van der Waals surface area contributed by atoms with E-state index in [-0.39, 0.29) is 24.7 Å². The van der Waals surface area contributed by atoms with E-state index in [1.165, 1.54) is 19.1 Å². The fourth-order valence-electron chi connectivity index (χ4n) is 3.62. The van der Waals surface area contributed by atoms with E-state index in [9.17, 15) is 44.1 Å². The van der Waals surface area contributed by atoms with Crippen molar-refractivity contribution in [3.8, 4) is 0 Å². The quantitative estimate of drug-likeness (QED) is 0.0837. The Bertz CT molecular complexity index is 1010. The molecule has 7 atom stereocenters. The molecule has 0 aliphatic heterocycles. The minimum Gasteiger partial charge on any atom is -0.481 e. The number of aliphatic hydroxyl groups excluding tert-OH is 3. The van der Waals surface area contributed by atoms with Gasteiger partial charge in [0.2, 0.25) is 17.7 Å². The maximum Gasteiger partial charge on any atom is 0.303 e. The molecule has 0 aromatic heterocycles. The lowest BCUT2D eigenvalue weighted by atomic mass is 9.94. The van der Waals surface area contributed by atoms with E-state index in [1.807, 2.05) is 0 Å². The van der Waals surface area contributed by atoms with E-state index < -0.39 is 85.0 Å². The first-order chi connectivity index (χ1) is 18.4. The van der Waals surface area contributed by atoms with E-state index in [0.717, 1.165) is 0 Å². The molecule has 4 amide bonds. The number of carbonyl (C=O) groups excluding carboxylic acids is 5. The van der Waals surface area contributed by atoms with Gasteiger partial charge in [0.1, 0.15) is 42.8 Å². The number of benzene rings is 1. The monoisotopic (exact) mass is 554 g/mol. The number of ether oxygens (including phenoxy) is 1. The van der Waals surface area contributed by atoms with Crippen molar-refractivity contribution in [2.24, 2.45) is 17.4 Å². The largest absolute Gasteiger partial charge is 0.481 e. The zero-order valence-corrected chi connectivity index (χ0v) is 21.1. The average Bonchev–Trinajstić information content (AvgIpc) is 2.91. The van der Waals surface area contributed by atoms with Gasteiger partial charge in [-0.05, 0) is 25.0 Å². The van der Waals surface area contributed by atoms with Gasteiger partial charge in [0.25, 0.3) is 5.91 Å². The number of rotatable bonds is 18. The van der Waals surface area contributed by atoms with Gasteiger partial charge in [0, 0.05) is 12.0 Å². The Balaban J connectivity index is 3.31. The number of aliphatic hydroxyl groups is 3. The summed E-state index contributed by atoms with van der Waals surface area (Å²) in [6, 6.07) is 4.47. The number of hydrogen-bond acceptors (Lipinski definition) is 10. The van der Waals surface area contributed by atoms with Gasteiger partial charge in [0.15, 0.2) is 0 Å². The van der Waals surface area contributed by atoms with Gasteiger partial charge in [-0.2, -0.15) is 0 Å². The highest BCUT2D eigenvalue weighted by Crippen LogP contribution is 2.20. The second-order valence-electron chi connectivity index (χ2n) is 8.58. The molecule has 0 aliphatic rings. The number of primary amides is 2. The maximum absolute atomic E-state index is 13.0. The summed E-state index contributed by atoms with van der Waals surface area (Å²) in [5.74, 6) is -6.75. The number of aliphatic carboxylic acids is 1. The van der Waals surface area contributed by atoms with Crippen molar-refractivity contribution in [1.29, 1.82) is 0 Å². The predicted molar refractivity (Wildman–Crippen MR) is 132 cm³/mol. The van der Waals surface area contributed by atoms with Crippen LogP contribution in [0, 0.1) is 5.92 Å². The van der Waals surface area contributed by atoms with Gasteiger partial charge >= 0.3 is 5.97 Å². The van der Waals surface area contributed by atoms with Crippen LogP contribution in [-0.4, -0.2) is 99.4 Å². The van der Waals surface area contributed by atoms with Crippen LogP contribution in [0.3, 0.4) is 0 Å². The van der Waals surface area contributed by atoms with E-state index in [1.54, 1.807) is 18.2 Å². The normalized spacial score (nSPS) is 16.4. The van der Waals surface area contributed by atoms with Crippen molar-refractivity contribution in [1.82, 2.24) is 10.6 Å². The SMILES string of the molecule is CCC(C(=O)NC(CCC(=O)O)C(N)=O)C(O[C@@H]([C@H](O)[C@H](O)CO)[C@H](C=O)NC(=O)c1ccccc1)C(N)=O. The standard InChI is InChI=1S/C24H34N4O11/c1-2-13(24(38)27-14(21(25)35)8-9-17(32)33)19(22(26)36)39-20(18(34)16(31)11-30)15(10-29)28-23(37)12-6-4-3-5-7-12/h3-7,10,13-16,18-20,30-31,34H,2,8-9,11H2,1H3,(H2,25,35)(H2,26,36)(H,27,38)(H,28,37)(H,32,33)/t13?,14?,15-,16+,18+,19?,20+/m0/s1.